The maximum atomic E-state index is 11.4. The monoisotopic (exact) mass is 224 g/mol. The van der Waals surface area contributed by atoms with Crippen molar-refractivity contribution in [3.63, 3.8) is 0 Å². The summed E-state index contributed by atoms with van der Waals surface area (Å²) in [4.78, 5) is 11.4. The Balaban J connectivity index is 2.03. The second kappa shape index (κ2) is 5.12. The number of hydrogen-bond acceptors (Lipinski definition) is 4. The van der Waals surface area contributed by atoms with E-state index in [-0.39, 0.29) is 12.2 Å². The van der Waals surface area contributed by atoms with Gasteiger partial charge in [0.15, 0.2) is 0 Å². The molecule has 0 N–H and O–H groups in total. The van der Waals surface area contributed by atoms with Gasteiger partial charge in [0, 0.05) is 12.8 Å². The average Bonchev–Trinajstić information content (AvgIpc) is 2.80. The van der Waals surface area contributed by atoms with Crippen LogP contribution in [0.25, 0.3) is 0 Å². The first-order chi connectivity index (χ1) is 7.81. The minimum Gasteiger partial charge on any atom is -0.462 e. The Morgan fingerprint density at radius 1 is 1.69 bits per heavy atom. The maximum Gasteiger partial charge on any atom is 0.341 e. The largest absolute Gasteiger partial charge is 0.462 e. The lowest BCUT2D eigenvalue weighted by molar-refractivity contribution is -0.0395. The van der Waals surface area contributed by atoms with Crippen molar-refractivity contribution in [1.29, 1.82) is 0 Å². The Bertz CT molecular complexity index is 356. The van der Waals surface area contributed by atoms with E-state index in [1.807, 2.05) is 0 Å². The van der Waals surface area contributed by atoms with Crippen LogP contribution in [0.15, 0.2) is 12.4 Å². The van der Waals surface area contributed by atoms with Gasteiger partial charge in [-0.15, -0.1) is 0 Å². The fraction of sp³-hybridized carbons (Fsp3) is 0.636. The van der Waals surface area contributed by atoms with Gasteiger partial charge >= 0.3 is 5.97 Å². The molecule has 1 saturated heterocycles. The molecule has 1 fully saturated rings. The van der Waals surface area contributed by atoms with E-state index in [2.05, 4.69) is 5.10 Å². The number of rotatable bonds is 3. The molecule has 1 unspecified atom stereocenters. The zero-order chi connectivity index (χ0) is 11.4. The van der Waals surface area contributed by atoms with Crippen LogP contribution in [-0.2, 0) is 9.47 Å². The maximum absolute atomic E-state index is 11.4. The van der Waals surface area contributed by atoms with Gasteiger partial charge in [0.05, 0.1) is 18.4 Å². The summed E-state index contributed by atoms with van der Waals surface area (Å²) in [5.41, 5.74) is 0.482. The molecule has 1 aromatic rings. The topological polar surface area (TPSA) is 53.3 Å². The summed E-state index contributed by atoms with van der Waals surface area (Å²) in [5, 5.41) is 4.13. The van der Waals surface area contributed by atoms with Gasteiger partial charge in [-0.05, 0) is 26.2 Å². The molecule has 0 saturated carbocycles. The van der Waals surface area contributed by atoms with Crippen molar-refractivity contribution in [1.82, 2.24) is 9.78 Å². The van der Waals surface area contributed by atoms with E-state index in [0.717, 1.165) is 25.9 Å². The summed E-state index contributed by atoms with van der Waals surface area (Å²) < 4.78 is 12.2. The highest BCUT2D eigenvalue weighted by molar-refractivity contribution is 5.88. The summed E-state index contributed by atoms with van der Waals surface area (Å²) in [7, 11) is 0. The normalized spacial score (nSPS) is 20.7. The molecule has 5 nitrogen and oxygen atoms in total. The van der Waals surface area contributed by atoms with E-state index in [0.29, 0.717) is 12.2 Å². The Morgan fingerprint density at radius 2 is 2.56 bits per heavy atom. The van der Waals surface area contributed by atoms with Crippen LogP contribution in [0.2, 0.25) is 0 Å². The highest BCUT2D eigenvalue weighted by Gasteiger charge is 2.18. The minimum atomic E-state index is -0.329. The molecule has 1 aliphatic rings. The molecular weight excluding hydrogens is 208 g/mol. The third-order valence-electron chi connectivity index (χ3n) is 2.56. The lowest BCUT2D eigenvalue weighted by Crippen LogP contribution is -2.18. The van der Waals surface area contributed by atoms with Crippen molar-refractivity contribution in [2.75, 3.05) is 13.2 Å². The van der Waals surface area contributed by atoms with Crippen molar-refractivity contribution >= 4 is 5.97 Å². The Kier molecular flexibility index (Phi) is 3.56. The summed E-state index contributed by atoms with van der Waals surface area (Å²) >= 11 is 0. The molecule has 0 amide bonds. The summed E-state index contributed by atoms with van der Waals surface area (Å²) in [6, 6.07) is 0. The first-order valence-corrected chi connectivity index (χ1v) is 5.64. The molecule has 1 aromatic heterocycles. The van der Waals surface area contributed by atoms with Crippen molar-refractivity contribution in [3.05, 3.63) is 18.0 Å². The van der Waals surface area contributed by atoms with Gasteiger partial charge in [0.2, 0.25) is 0 Å². The van der Waals surface area contributed by atoms with E-state index in [9.17, 15) is 4.79 Å². The summed E-state index contributed by atoms with van der Waals surface area (Å²) in [5.74, 6) is -0.329. The molecule has 0 bridgehead atoms. The van der Waals surface area contributed by atoms with Crippen molar-refractivity contribution in [2.24, 2.45) is 0 Å². The number of ether oxygens (including phenoxy) is 2. The minimum absolute atomic E-state index is 0.0306. The third-order valence-corrected chi connectivity index (χ3v) is 2.56. The van der Waals surface area contributed by atoms with Crippen molar-refractivity contribution < 1.29 is 14.3 Å². The molecular formula is C11H16N2O3. The average molecular weight is 224 g/mol. The third kappa shape index (κ3) is 2.41. The number of hydrogen-bond donors (Lipinski definition) is 0. The number of nitrogens with zero attached hydrogens (tertiary/aromatic N) is 2. The van der Waals surface area contributed by atoms with E-state index < -0.39 is 0 Å². The molecule has 2 heterocycles. The van der Waals surface area contributed by atoms with E-state index >= 15 is 0 Å². The van der Waals surface area contributed by atoms with Crippen molar-refractivity contribution in [3.8, 4) is 0 Å². The fourth-order valence-corrected chi connectivity index (χ4v) is 1.75. The van der Waals surface area contributed by atoms with Gasteiger partial charge in [-0.25, -0.2) is 9.48 Å². The van der Waals surface area contributed by atoms with Crippen LogP contribution in [0.4, 0.5) is 0 Å². The number of aromatic nitrogens is 2. The number of carbonyl (C=O) groups is 1. The second-order valence-corrected chi connectivity index (χ2v) is 3.75. The molecule has 2 rings (SSSR count). The van der Waals surface area contributed by atoms with Gasteiger partial charge in [-0.1, -0.05) is 0 Å². The van der Waals surface area contributed by atoms with Crippen LogP contribution in [0.1, 0.15) is 42.8 Å². The van der Waals surface area contributed by atoms with E-state index in [1.165, 1.54) is 6.20 Å². The Labute approximate surface area is 94.3 Å². The SMILES string of the molecule is CCOC(=O)c1cnn(C2CCCCO2)c1. The predicted molar refractivity (Wildman–Crippen MR) is 57.0 cm³/mol. The first-order valence-electron chi connectivity index (χ1n) is 5.64. The fourth-order valence-electron chi connectivity index (χ4n) is 1.75. The smallest absolute Gasteiger partial charge is 0.341 e. The number of carbonyl (C=O) groups excluding carboxylic acids is 1. The quantitative estimate of drug-likeness (QED) is 0.734. The van der Waals surface area contributed by atoms with Gasteiger partial charge in [-0.2, -0.15) is 5.10 Å². The highest BCUT2D eigenvalue weighted by Crippen LogP contribution is 2.21. The van der Waals surface area contributed by atoms with Gasteiger partial charge < -0.3 is 9.47 Å². The standard InChI is InChI=1S/C11H16N2O3/c1-2-15-11(14)9-7-12-13(8-9)10-5-3-4-6-16-10/h7-8,10H,2-6H2,1H3. The molecule has 0 aliphatic carbocycles. The molecule has 0 radical (unpaired) electrons. The van der Waals surface area contributed by atoms with Crippen LogP contribution in [0.5, 0.6) is 0 Å². The molecule has 88 valence electrons. The molecule has 1 aliphatic heterocycles. The van der Waals surface area contributed by atoms with E-state index in [1.54, 1.807) is 17.8 Å². The zero-order valence-corrected chi connectivity index (χ0v) is 9.39. The highest BCUT2D eigenvalue weighted by atomic mass is 16.5. The van der Waals surface area contributed by atoms with Gasteiger partial charge in [-0.3, -0.25) is 0 Å². The molecule has 0 aromatic carbocycles. The van der Waals surface area contributed by atoms with Crippen LogP contribution in [0, 0.1) is 0 Å². The molecule has 0 spiro atoms. The molecule has 5 heteroatoms. The Hall–Kier alpha value is -1.36. The number of esters is 1. The summed E-state index contributed by atoms with van der Waals surface area (Å²) in [6.45, 7) is 2.93. The lowest BCUT2D eigenvalue weighted by atomic mass is 10.2. The van der Waals surface area contributed by atoms with Gasteiger partial charge in [0.1, 0.15) is 6.23 Å². The molecule has 16 heavy (non-hydrogen) atoms. The van der Waals surface area contributed by atoms with Crippen LogP contribution < -0.4 is 0 Å². The first kappa shape index (κ1) is 11.1. The second-order valence-electron chi connectivity index (χ2n) is 3.75. The van der Waals surface area contributed by atoms with Crippen LogP contribution in [0.3, 0.4) is 0 Å². The predicted octanol–water partition coefficient (Wildman–Crippen LogP) is 1.76. The van der Waals surface area contributed by atoms with Crippen LogP contribution >= 0.6 is 0 Å². The lowest BCUT2D eigenvalue weighted by Gasteiger charge is -2.22. The zero-order valence-electron chi connectivity index (χ0n) is 9.39. The Morgan fingerprint density at radius 3 is 3.25 bits per heavy atom. The van der Waals surface area contributed by atoms with E-state index in [4.69, 9.17) is 9.47 Å². The van der Waals surface area contributed by atoms with Gasteiger partial charge in [0.25, 0.3) is 0 Å². The molecule has 1 atom stereocenters. The van der Waals surface area contributed by atoms with Crippen LogP contribution in [-0.4, -0.2) is 29.0 Å². The van der Waals surface area contributed by atoms with Crippen molar-refractivity contribution in [2.45, 2.75) is 32.4 Å². The summed E-state index contributed by atoms with van der Waals surface area (Å²) in [6.07, 6.45) is 6.37.